The summed E-state index contributed by atoms with van der Waals surface area (Å²) < 4.78 is 33.1. The van der Waals surface area contributed by atoms with E-state index in [9.17, 15) is 15.3 Å². The summed E-state index contributed by atoms with van der Waals surface area (Å²) in [5.74, 6) is -0.807. The predicted octanol–water partition coefficient (Wildman–Crippen LogP) is 3.08. The van der Waals surface area contributed by atoms with Crippen molar-refractivity contribution >= 4 is 0 Å². The van der Waals surface area contributed by atoms with Gasteiger partial charge in [-0.1, -0.05) is 70.9 Å². The summed E-state index contributed by atoms with van der Waals surface area (Å²) in [5, 5.41) is 36.7. The molecule has 43 heavy (non-hydrogen) atoms. The van der Waals surface area contributed by atoms with Crippen molar-refractivity contribution in [1.82, 2.24) is 0 Å². The molecule has 0 amide bonds. The molecule has 0 spiro atoms. The van der Waals surface area contributed by atoms with Crippen molar-refractivity contribution in [3.8, 4) is 0 Å². The third-order valence-electron chi connectivity index (χ3n) is 6.93. The Kier molecular flexibility index (Phi) is 11.7. The van der Waals surface area contributed by atoms with Gasteiger partial charge in [0.05, 0.1) is 38.6 Å². The highest BCUT2D eigenvalue weighted by Crippen LogP contribution is 2.39. The molecule has 15 nitrogen and oxygen atoms in total. The zero-order valence-corrected chi connectivity index (χ0v) is 23.8. The third kappa shape index (κ3) is 8.86. The van der Waals surface area contributed by atoms with E-state index in [0.29, 0.717) is 13.2 Å². The van der Waals surface area contributed by atoms with E-state index in [0.717, 1.165) is 11.1 Å². The van der Waals surface area contributed by atoms with Crippen LogP contribution in [0.4, 0.5) is 0 Å². The van der Waals surface area contributed by atoms with Crippen LogP contribution in [-0.4, -0.2) is 89.5 Å². The van der Waals surface area contributed by atoms with Crippen LogP contribution in [0.1, 0.15) is 25.0 Å². The molecule has 3 aliphatic rings. The fourth-order valence-electron chi connectivity index (χ4n) is 4.91. The molecule has 2 aromatic carbocycles. The standard InChI is InChI=1S/C16H21N3O5.C12H15N3O4/c1-16(2)23-14-12(18-19-17)13(22-15(14)24-16)11(20)9-21-8-10-6-4-3-5-7-10;13-15-14-10-11(16)9(19-12(10)17)7-18-6-8-4-2-1-3-5-8/h3-7,11-15,20H,8-9H2,1-2H3;1-5,9-12,16-17H,6-7H2/t11?,12?,13-,14+,15-;9-,10+,11?,12?/m11/s1. The van der Waals surface area contributed by atoms with E-state index in [1.807, 2.05) is 60.7 Å². The van der Waals surface area contributed by atoms with E-state index < -0.39 is 61.0 Å². The molecule has 2 aromatic rings. The monoisotopic (exact) mass is 600 g/mol. The maximum atomic E-state index is 10.4. The molecule has 0 aliphatic carbocycles. The third-order valence-corrected chi connectivity index (χ3v) is 6.93. The molecule has 3 heterocycles. The normalized spacial score (nSPS) is 31.2. The minimum Gasteiger partial charge on any atom is -0.390 e. The van der Waals surface area contributed by atoms with Crippen molar-refractivity contribution in [3.63, 3.8) is 0 Å². The first-order chi connectivity index (χ1) is 20.7. The number of nitrogens with zero attached hydrogens (tertiary/aromatic N) is 6. The lowest BCUT2D eigenvalue weighted by Gasteiger charge is -2.26. The van der Waals surface area contributed by atoms with Crippen LogP contribution in [-0.2, 0) is 41.6 Å². The predicted molar refractivity (Wildman–Crippen MR) is 150 cm³/mol. The summed E-state index contributed by atoms with van der Waals surface area (Å²) >= 11 is 0. The Morgan fingerprint density at radius 2 is 1.44 bits per heavy atom. The van der Waals surface area contributed by atoms with Gasteiger partial charge >= 0.3 is 0 Å². The number of rotatable bonds is 11. The lowest BCUT2D eigenvalue weighted by Crippen LogP contribution is -2.41. The summed E-state index contributed by atoms with van der Waals surface area (Å²) in [5.41, 5.74) is 19.1. The quantitative estimate of drug-likeness (QED) is 0.196. The molecule has 5 rings (SSSR count). The molecule has 232 valence electrons. The number of aliphatic hydroxyl groups excluding tert-OH is 3. The number of hydrogen-bond acceptors (Lipinski definition) is 11. The highest BCUT2D eigenvalue weighted by atomic mass is 16.8. The van der Waals surface area contributed by atoms with Crippen molar-refractivity contribution in [2.45, 2.75) is 88.0 Å². The zero-order valence-electron chi connectivity index (χ0n) is 23.8. The first-order valence-corrected chi connectivity index (χ1v) is 13.7. The van der Waals surface area contributed by atoms with E-state index in [2.05, 4.69) is 20.1 Å². The summed E-state index contributed by atoms with van der Waals surface area (Å²) in [7, 11) is 0. The maximum Gasteiger partial charge on any atom is 0.188 e. The average molecular weight is 601 g/mol. The Labute approximate surface area is 248 Å². The fourth-order valence-corrected chi connectivity index (χ4v) is 4.91. The largest absolute Gasteiger partial charge is 0.390 e. The van der Waals surface area contributed by atoms with Crippen LogP contribution in [0.15, 0.2) is 70.9 Å². The molecule has 0 bridgehead atoms. The fraction of sp³-hybridized carbons (Fsp3) is 0.571. The van der Waals surface area contributed by atoms with Gasteiger partial charge in [-0.25, -0.2) is 0 Å². The lowest BCUT2D eigenvalue weighted by molar-refractivity contribution is -0.218. The lowest BCUT2D eigenvalue weighted by atomic mass is 10.0. The molecule has 3 fully saturated rings. The number of hydrogen-bond donors (Lipinski definition) is 3. The number of fused-ring (bicyclic) bond motifs is 1. The van der Waals surface area contributed by atoms with Gasteiger partial charge in [0.25, 0.3) is 0 Å². The Balaban J connectivity index is 0.000000203. The second-order valence-electron chi connectivity index (χ2n) is 10.6. The first-order valence-electron chi connectivity index (χ1n) is 13.7. The molecule has 0 radical (unpaired) electrons. The van der Waals surface area contributed by atoms with Crippen molar-refractivity contribution < 1.29 is 43.7 Å². The first kappa shape index (κ1) is 32.6. The Hall–Kier alpha value is -3.30. The van der Waals surface area contributed by atoms with Crippen LogP contribution in [0.3, 0.4) is 0 Å². The molecule has 3 saturated heterocycles. The zero-order chi connectivity index (χ0) is 30.8. The number of aliphatic hydroxyl groups is 3. The van der Waals surface area contributed by atoms with Gasteiger partial charge < -0.3 is 43.7 Å². The average Bonchev–Trinajstić information content (AvgIpc) is 3.57. The van der Waals surface area contributed by atoms with Gasteiger partial charge in [-0.15, -0.1) is 0 Å². The maximum absolute atomic E-state index is 10.4. The molecule has 9 atom stereocenters. The molecule has 4 unspecified atom stereocenters. The van der Waals surface area contributed by atoms with Gasteiger partial charge in [-0.3, -0.25) is 0 Å². The molecular weight excluding hydrogens is 564 g/mol. The summed E-state index contributed by atoms with van der Waals surface area (Å²) in [4.78, 5) is 5.41. The summed E-state index contributed by atoms with van der Waals surface area (Å²) in [6.45, 7) is 4.45. The van der Waals surface area contributed by atoms with E-state index >= 15 is 0 Å². The molecule has 0 saturated carbocycles. The van der Waals surface area contributed by atoms with Crippen LogP contribution in [0.2, 0.25) is 0 Å². The molecule has 3 N–H and O–H groups in total. The van der Waals surface area contributed by atoms with Crippen LogP contribution in [0, 0.1) is 0 Å². The topological polar surface area (TPSA) is 214 Å². The second-order valence-corrected chi connectivity index (χ2v) is 10.6. The second kappa shape index (κ2) is 15.4. The van der Waals surface area contributed by atoms with Crippen molar-refractivity contribution in [1.29, 1.82) is 0 Å². The van der Waals surface area contributed by atoms with Crippen LogP contribution < -0.4 is 0 Å². The van der Waals surface area contributed by atoms with Gasteiger partial charge in [0.15, 0.2) is 18.4 Å². The highest BCUT2D eigenvalue weighted by Gasteiger charge is 2.56. The molecule has 0 aromatic heterocycles. The Morgan fingerprint density at radius 1 is 0.860 bits per heavy atom. The van der Waals surface area contributed by atoms with E-state index in [1.165, 1.54) is 0 Å². The van der Waals surface area contributed by atoms with Crippen molar-refractivity contribution in [2.24, 2.45) is 10.2 Å². The molecular formula is C28H36N6O9. The van der Waals surface area contributed by atoms with Crippen LogP contribution in [0.5, 0.6) is 0 Å². The van der Waals surface area contributed by atoms with Gasteiger partial charge in [-0.2, -0.15) is 0 Å². The number of benzene rings is 2. The highest BCUT2D eigenvalue weighted by molar-refractivity contribution is 5.14. The van der Waals surface area contributed by atoms with Crippen LogP contribution >= 0.6 is 0 Å². The summed E-state index contributed by atoms with van der Waals surface area (Å²) in [6, 6.07) is 17.5. The van der Waals surface area contributed by atoms with Crippen molar-refractivity contribution in [2.75, 3.05) is 13.2 Å². The van der Waals surface area contributed by atoms with Crippen LogP contribution in [0.25, 0.3) is 20.9 Å². The number of azide groups is 2. The Morgan fingerprint density at radius 3 is 2.05 bits per heavy atom. The van der Waals surface area contributed by atoms with E-state index in [-0.39, 0.29) is 13.2 Å². The SMILES string of the molecule is CC1(C)O[C@H]2O[C@H](C(O)COCc3ccccc3)C(N=[N+]=[N-])[C@@H]2O1.[N-]=[N+]=N[C@@H]1C(O)O[C@H](COCc2ccccc2)C1O. The van der Waals surface area contributed by atoms with Gasteiger partial charge in [0.1, 0.15) is 30.5 Å². The smallest absolute Gasteiger partial charge is 0.188 e. The number of ether oxygens (including phenoxy) is 6. The molecule has 15 heteroatoms. The van der Waals surface area contributed by atoms with Gasteiger partial charge in [0, 0.05) is 9.82 Å². The van der Waals surface area contributed by atoms with Gasteiger partial charge in [0.2, 0.25) is 0 Å². The van der Waals surface area contributed by atoms with E-state index in [1.54, 1.807) is 13.8 Å². The van der Waals surface area contributed by atoms with Crippen molar-refractivity contribution in [3.05, 3.63) is 92.7 Å². The Bertz CT molecular complexity index is 1250. The van der Waals surface area contributed by atoms with E-state index in [4.69, 9.17) is 39.5 Å². The van der Waals surface area contributed by atoms with Gasteiger partial charge in [-0.05, 0) is 36.0 Å². The minimum absolute atomic E-state index is 0.0554. The molecule has 3 aliphatic heterocycles. The minimum atomic E-state index is -1.30. The summed E-state index contributed by atoms with van der Waals surface area (Å²) in [6.07, 6.45) is -5.95.